The molecular formula is C7H8F2N2O3. The van der Waals surface area contributed by atoms with Crippen molar-refractivity contribution < 1.29 is 13.9 Å². The van der Waals surface area contributed by atoms with Gasteiger partial charge >= 0.3 is 5.69 Å². The van der Waals surface area contributed by atoms with Gasteiger partial charge in [-0.1, -0.05) is 0 Å². The molecule has 14 heavy (non-hydrogen) atoms. The summed E-state index contributed by atoms with van der Waals surface area (Å²) in [5, 5.41) is 9.08. The number of nitrogens with one attached hydrogen (secondary N) is 1. The summed E-state index contributed by atoms with van der Waals surface area (Å²) in [6, 6.07) is 0.757. The van der Waals surface area contributed by atoms with Crippen LogP contribution in [0, 0.1) is 0 Å². The smallest absolute Gasteiger partial charge is 0.331 e. The fraction of sp³-hybridized carbons (Fsp3) is 0.429. The Kier molecular flexibility index (Phi) is 3.00. The Bertz CT molecular complexity index is 424. The fourth-order valence-corrected chi connectivity index (χ4v) is 0.951. The van der Waals surface area contributed by atoms with Gasteiger partial charge in [0.25, 0.3) is 5.56 Å². The van der Waals surface area contributed by atoms with Crippen LogP contribution in [-0.4, -0.2) is 21.1 Å². The van der Waals surface area contributed by atoms with E-state index in [4.69, 9.17) is 5.11 Å². The first-order valence-electron chi connectivity index (χ1n) is 3.82. The van der Waals surface area contributed by atoms with Crippen molar-refractivity contribution in [1.29, 1.82) is 0 Å². The molecule has 0 spiro atoms. The van der Waals surface area contributed by atoms with E-state index in [9.17, 15) is 18.4 Å². The predicted molar refractivity (Wildman–Crippen MR) is 43.6 cm³/mol. The molecule has 0 aromatic carbocycles. The lowest BCUT2D eigenvalue weighted by Gasteiger charge is -2.05. The molecule has 5 nitrogen and oxygen atoms in total. The maximum Gasteiger partial charge on any atom is 0.331 e. The molecule has 0 bridgehead atoms. The average molecular weight is 206 g/mol. The topological polar surface area (TPSA) is 75.1 Å². The standard InChI is InChI=1S/C7H8F2N2O3/c8-4(9)1-2-11-6(13)3-5(12)10-7(11)14/h3-4,13H,1-2H2,(H,10,12,14). The number of hydrogen-bond donors (Lipinski definition) is 2. The Morgan fingerprint density at radius 3 is 2.64 bits per heavy atom. The fourth-order valence-electron chi connectivity index (χ4n) is 0.951. The molecule has 0 amide bonds. The van der Waals surface area contributed by atoms with Crippen molar-refractivity contribution in [2.75, 3.05) is 0 Å². The Morgan fingerprint density at radius 2 is 2.14 bits per heavy atom. The van der Waals surface area contributed by atoms with Crippen molar-refractivity contribution in [1.82, 2.24) is 9.55 Å². The zero-order valence-electron chi connectivity index (χ0n) is 7.04. The van der Waals surface area contributed by atoms with Crippen molar-refractivity contribution in [2.45, 2.75) is 19.4 Å². The molecule has 0 aliphatic carbocycles. The second kappa shape index (κ2) is 4.03. The Hall–Kier alpha value is -1.66. The second-order valence-corrected chi connectivity index (χ2v) is 2.63. The van der Waals surface area contributed by atoms with E-state index in [1.807, 2.05) is 4.98 Å². The Morgan fingerprint density at radius 1 is 1.50 bits per heavy atom. The van der Waals surface area contributed by atoms with E-state index < -0.39 is 30.0 Å². The average Bonchev–Trinajstić information content (AvgIpc) is 2.01. The van der Waals surface area contributed by atoms with Crippen LogP contribution in [0.3, 0.4) is 0 Å². The highest BCUT2D eigenvalue weighted by Gasteiger charge is 2.07. The van der Waals surface area contributed by atoms with Crippen LogP contribution in [0.4, 0.5) is 8.78 Å². The molecule has 0 fully saturated rings. The molecule has 0 aliphatic rings. The summed E-state index contributed by atoms with van der Waals surface area (Å²) < 4.78 is 24.3. The first-order valence-corrected chi connectivity index (χ1v) is 3.82. The van der Waals surface area contributed by atoms with Crippen molar-refractivity contribution in [3.8, 4) is 5.88 Å². The molecule has 0 radical (unpaired) electrons. The molecular weight excluding hydrogens is 198 g/mol. The van der Waals surface area contributed by atoms with Crippen LogP contribution in [0.15, 0.2) is 15.7 Å². The van der Waals surface area contributed by atoms with Gasteiger partial charge in [-0.15, -0.1) is 0 Å². The van der Waals surface area contributed by atoms with Gasteiger partial charge in [0.15, 0.2) is 0 Å². The summed E-state index contributed by atoms with van der Waals surface area (Å²) in [4.78, 5) is 23.5. The van der Waals surface area contributed by atoms with Crippen LogP contribution < -0.4 is 11.2 Å². The third-order valence-electron chi connectivity index (χ3n) is 1.58. The van der Waals surface area contributed by atoms with E-state index >= 15 is 0 Å². The number of aromatic hydroxyl groups is 1. The molecule has 1 rings (SSSR count). The van der Waals surface area contributed by atoms with Gasteiger partial charge < -0.3 is 5.11 Å². The minimum atomic E-state index is -2.56. The molecule has 1 heterocycles. The summed E-state index contributed by atoms with van der Waals surface area (Å²) in [6.45, 7) is -0.334. The van der Waals surface area contributed by atoms with Gasteiger partial charge in [-0.2, -0.15) is 0 Å². The van der Waals surface area contributed by atoms with Gasteiger partial charge in [0.1, 0.15) is 0 Å². The van der Waals surface area contributed by atoms with E-state index in [-0.39, 0.29) is 6.54 Å². The normalized spacial score (nSPS) is 10.8. The Balaban J connectivity index is 2.98. The van der Waals surface area contributed by atoms with Crippen LogP contribution in [0.2, 0.25) is 0 Å². The summed E-state index contributed by atoms with van der Waals surface area (Å²) in [6.07, 6.45) is -3.12. The summed E-state index contributed by atoms with van der Waals surface area (Å²) in [7, 11) is 0. The van der Waals surface area contributed by atoms with E-state index in [0.717, 1.165) is 6.07 Å². The van der Waals surface area contributed by atoms with E-state index in [0.29, 0.717) is 4.57 Å². The van der Waals surface area contributed by atoms with E-state index in [1.54, 1.807) is 0 Å². The van der Waals surface area contributed by atoms with E-state index in [2.05, 4.69) is 0 Å². The van der Waals surface area contributed by atoms with Gasteiger partial charge in [-0.3, -0.25) is 14.3 Å². The van der Waals surface area contributed by atoms with Crippen molar-refractivity contribution in [3.05, 3.63) is 26.9 Å². The monoisotopic (exact) mass is 206 g/mol. The molecule has 1 aromatic rings. The SMILES string of the molecule is O=c1cc(O)n(CCC(F)F)c(=O)[nH]1. The number of halogens is 2. The van der Waals surface area contributed by atoms with Gasteiger partial charge in [-0.25, -0.2) is 13.6 Å². The van der Waals surface area contributed by atoms with Crippen LogP contribution in [-0.2, 0) is 6.54 Å². The highest BCUT2D eigenvalue weighted by atomic mass is 19.3. The molecule has 2 N–H and O–H groups in total. The number of aromatic amines is 1. The number of rotatable bonds is 3. The third kappa shape index (κ3) is 2.41. The number of hydrogen-bond acceptors (Lipinski definition) is 3. The molecule has 0 saturated carbocycles. The van der Waals surface area contributed by atoms with Crippen LogP contribution in [0.1, 0.15) is 6.42 Å². The third-order valence-corrected chi connectivity index (χ3v) is 1.58. The van der Waals surface area contributed by atoms with Gasteiger partial charge in [0.2, 0.25) is 12.3 Å². The van der Waals surface area contributed by atoms with Crippen molar-refractivity contribution >= 4 is 0 Å². The minimum absolute atomic E-state index is 0.334. The lowest BCUT2D eigenvalue weighted by Crippen LogP contribution is -2.29. The summed E-state index contributed by atoms with van der Waals surface area (Å²) in [5.74, 6) is -0.612. The van der Waals surface area contributed by atoms with Gasteiger partial charge in [-0.05, 0) is 0 Å². The number of nitrogens with zero attached hydrogens (tertiary/aromatic N) is 1. The molecule has 1 aromatic heterocycles. The van der Waals surface area contributed by atoms with Crippen LogP contribution >= 0.6 is 0 Å². The molecule has 0 atom stereocenters. The first-order chi connectivity index (χ1) is 6.50. The maximum atomic E-state index is 11.8. The van der Waals surface area contributed by atoms with Crippen LogP contribution in [0.5, 0.6) is 5.88 Å². The predicted octanol–water partition coefficient (Wildman–Crippen LogP) is -0.103. The Labute approximate surface area is 76.6 Å². The quantitative estimate of drug-likeness (QED) is 0.724. The van der Waals surface area contributed by atoms with Crippen LogP contribution in [0.25, 0.3) is 0 Å². The highest BCUT2D eigenvalue weighted by Crippen LogP contribution is 2.05. The summed E-state index contributed by atoms with van der Waals surface area (Å²) in [5.41, 5.74) is -1.66. The minimum Gasteiger partial charge on any atom is -0.494 e. The summed E-state index contributed by atoms with van der Waals surface area (Å²) >= 11 is 0. The highest BCUT2D eigenvalue weighted by molar-refractivity contribution is 5.05. The molecule has 7 heteroatoms. The second-order valence-electron chi connectivity index (χ2n) is 2.63. The van der Waals surface area contributed by atoms with Gasteiger partial charge in [0, 0.05) is 13.0 Å². The van der Waals surface area contributed by atoms with E-state index in [1.165, 1.54) is 0 Å². The lowest BCUT2D eigenvalue weighted by atomic mass is 10.4. The zero-order valence-corrected chi connectivity index (χ0v) is 7.04. The number of alkyl halides is 2. The molecule has 0 unspecified atom stereocenters. The number of aromatic nitrogens is 2. The molecule has 0 saturated heterocycles. The van der Waals surface area contributed by atoms with Gasteiger partial charge in [0.05, 0.1) is 6.07 Å². The largest absolute Gasteiger partial charge is 0.494 e. The molecule has 0 aliphatic heterocycles. The first kappa shape index (κ1) is 10.4. The van der Waals surface area contributed by atoms with Crippen molar-refractivity contribution in [2.24, 2.45) is 0 Å². The molecule has 78 valence electrons. The zero-order chi connectivity index (χ0) is 10.7. The van der Waals surface area contributed by atoms with Crippen molar-refractivity contribution in [3.63, 3.8) is 0 Å². The lowest BCUT2D eigenvalue weighted by molar-refractivity contribution is 0.129. The number of H-pyrrole nitrogens is 1. The maximum absolute atomic E-state index is 11.8.